The third kappa shape index (κ3) is 3.15. The molecule has 4 aliphatic carbocycles. The van der Waals surface area contributed by atoms with Crippen molar-refractivity contribution < 1.29 is 24.2 Å². The first-order chi connectivity index (χ1) is 17.0. The van der Waals surface area contributed by atoms with Gasteiger partial charge >= 0.3 is 0 Å². The van der Waals surface area contributed by atoms with Crippen LogP contribution in [0.25, 0.3) is 10.3 Å². The summed E-state index contributed by atoms with van der Waals surface area (Å²) in [6, 6.07) is 3.78. The fourth-order valence-electron chi connectivity index (χ4n) is 8.09. The number of aliphatic hydroxyl groups excluding tert-OH is 1. The summed E-state index contributed by atoms with van der Waals surface area (Å²) in [4.78, 5) is 34.4. The minimum absolute atomic E-state index is 0.0272. The Kier molecular flexibility index (Phi) is 5.58. The summed E-state index contributed by atoms with van der Waals surface area (Å²) in [5.41, 5.74) is -3.86. The van der Waals surface area contributed by atoms with Crippen LogP contribution < -0.4 is 0 Å². The number of ketones is 2. The van der Waals surface area contributed by atoms with Crippen molar-refractivity contribution in [3.05, 3.63) is 30.0 Å². The molecule has 6 nitrogen and oxygen atoms in total. The molecule has 0 amide bonds. The van der Waals surface area contributed by atoms with Gasteiger partial charge in [-0.1, -0.05) is 31.2 Å². The van der Waals surface area contributed by atoms with Gasteiger partial charge < -0.3 is 10.2 Å². The van der Waals surface area contributed by atoms with Crippen LogP contribution >= 0.6 is 23.1 Å². The molecule has 4 aliphatic rings. The summed E-state index contributed by atoms with van der Waals surface area (Å²) in [5.74, 6) is -0.873. The van der Waals surface area contributed by atoms with Crippen LogP contribution in [0.5, 0.6) is 0 Å². The van der Waals surface area contributed by atoms with Crippen LogP contribution in [0, 0.1) is 22.7 Å². The van der Waals surface area contributed by atoms with Crippen LogP contribution in [0.2, 0.25) is 0 Å². The predicted molar refractivity (Wildman–Crippen MR) is 137 cm³/mol. The Bertz CT molecular complexity index is 1260. The van der Waals surface area contributed by atoms with Crippen LogP contribution in [0.15, 0.2) is 34.3 Å². The van der Waals surface area contributed by atoms with E-state index in [9.17, 15) is 19.8 Å². The lowest BCUT2D eigenvalue weighted by Gasteiger charge is -2.63. The normalized spacial score (nSPS) is 42.0. The molecule has 192 valence electrons. The molecule has 2 N–H and O–H groups in total. The van der Waals surface area contributed by atoms with Gasteiger partial charge in [-0.15, -0.1) is 11.3 Å². The van der Waals surface area contributed by atoms with Gasteiger partial charge in [0.1, 0.15) is 11.3 Å². The number of allylic oxidation sites excluding steroid dienone is 1. The van der Waals surface area contributed by atoms with Crippen LogP contribution in [-0.2, 0) is 9.59 Å². The molecule has 0 spiro atoms. The van der Waals surface area contributed by atoms with E-state index < -0.39 is 34.1 Å². The van der Waals surface area contributed by atoms with E-state index in [-0.39, 0.29) is 42.5 Å². The molecule has 2 aromatic heterocycles. The molecule has 0 aromatic carbocycles. The number of rotatable bonds is 4. The van der Waals surface area contributed by atoms with Crippen LogP contribution in [0.3, 0.4) is 0 Å². The van der Waals surface area contributed by atoms with Crippen LogP contribution in [-0.4, -0.2) is 54.9 Å². The third-order valence-corrected chi connectivity index (χ3v) is 12.3. The zero-order valence-corrected chi connectivity index (χ0v) is 22.1. The van der Waals surface area contributed by atoms with E-state index in [0.29, 0.717) is 31.3 Å². The summed E-state index contributed by atoms with van der Waals surface area (Å²) < 4.78 is 18.9. The second-order valence-electron chi connectivity index (χ2n) is 11.5. The van der Waals surface area contributed by atoms with Crippen molar-refractivity contribution in [2.75, 3.05) is 5.75 Å². The Balaban J connectivity index is 1.27. The summed E-state index contributed by atoms with van der Waals surface area (Å²) in [7, 11) is 0. The maximum absolute atomic E-state index is 17.2. The predicted octanol–water partition coefficient (Wildman–Crippen LogP) is 4.68. The largest absolute Gasteiger partial charge is 0.390 e. The van der Waals surface area contributed by atoms with Gasteiger partial charge in [-0.3, -0.25) is 9.59 Å². The molecule has 2 aromatic rings. The van der Waals surface area contributed by atoms with Gasteiger partial charge in [0.2, 0.25) is 0 Å². The van der Waals surface area contributed by atoms with E-state index in [0.717, 1.165) is 14.6 Å². The minimum Gasteiger partial charge on any atom is -0.390 e. The second-order valence-corrected chi connectivity index (χ2v) is 13.8. The number of pyridine rings is 1. The number of alkyl halides is 1. The Morgan fingerprint density at radius 3 is 2.83 bits per heavy atom. The number of nitrogens with zero attached hydrogens (tertiary/aromatic N) is 2. The topological polar surface area (TPSA) is 100 Å². The maximum atomic E-state index is 17.2. The van der Waals surface area contributed by atoms with Gasteiger partial charge in [-0.2, -0.15) is 0 Å². The lowest BCUT2D eigenvalue weighted by Crippen LogP contribution is -2.69. The molecule has 6 rings (SSSR count). The van der Waals surface area contributed by atoms with Crippen LogP contribution in [0.4, 0.5) is 4.39 Å². The molecule has 0 radical (unpaired) electrons. The molecule has 4 unspecified atom stereocenters. The minimum atomic E-state index is -1.88. The third-order valence-electron chi connectivity index (χ3n) is 10.1. The molecule has 0 saturated heterocycles. The molecule has 3 fully saturated rings. The average Bonchev–Trinajstić information content (AvgIpc) is 3.38. The number of carbonyl (C=O) groups is 2. The summed E-state index contributed by atoms with van der Waals surface area (Å²) in [6.45, 7) is 3.73. The van der Waals surface area contributed by atoms with E-state index in [4.69, 9.17) is 0 Å². The number of Topliss-reactive ketones (excluding diaryl/α,β-unsaturated/α-hetero) is 1. The second kappa shape index (κ2) is 8.16. The number of aromatic nitrogens is 2. The fourth-order valence-corrected chi connectivity index (χ4v) is 10.1. The number of halogens is 1. The first-order valence-electron chi connectivity index (χ1n) is 12.7. The number of hydrogen-bond donors (Lipinski definition) is 2. The monoisotopic (exact) mass is 530 g/mol. The zero-order chi connectivity index (χ0) is 25.5. The highest BCUT2D eigenvalue weighted by atomic mass is 32.2. The molecular formula is C27H31FN2O4S2. The summed E-state index contributed by atoms with van der Waals surface area (Å²) in [6.07, 6.45) is 4.62. The number of thioether (sulfide) groups is 1. The average molecular weight is 531 g/mol. The van der Waals surface area contributed by atoms with Crippen LogP contribution in [0.1, 0.15) is 58.8 Å². The van der Waals surface area contributed by atoms with Gasteiger partial charge in [0, 0.05) is 29.4 Å². The number of aliphatic hydroxyl groups is 2. The Labute approximate surface area is 217 Å². The Morgan fingerprint density at radius 2 is 2.06 bits per heavy atom. The Morgan fingerprint density at radius 1 is 1.25 bits per heavy atom. The highest BCUT2D eigenvalue weighted by Crippen LogP contribution is 2.70. The SMILES string of the molecule is CC12C[C@H](O)[C@@]3(F)C(CCC4=CC(=O)CCC43C)C1CC[C@]2(O)C(=O)CSc1nc2ncccc2s1. The molecule has 2 heterocycles. The number of carbonyl (C=O) groups excluding carboxylic acids is 2. The van der Waals surface area contributed by atoms with Crippen molar-refractivity contribution in [2.24, 2.45) is 22.7 Å². The van der Waals surface area contributed by atoms with Gasteiger partial charge in [-0.05, 0) is 62.7 Å². The van der Waals surface area contributed by atoms with Crippen molar-refractivity contribution in [3.8, 4) is 0 Å². The smallest absolute Gasteiger partial charge is 0.175 e. The van der Waals surface area contributed by atoms with Gasteiger partial charge in [0.15, 0.2) is 21.6 Å². The molecule has 36 heavy (non-hydrogen) atoms. The van der Waals surface area contributed by atoms with E-state index in [1.807, 2.05) is 26.0 Å². The standard InChI is InChI=1S/C27H31FN2O4S2/c1-24-9-7-16(31)12-15(24)5-6-18-17-8-10-26(34,25(17,2)13-20(32)27(18,24)28)21(33)14-35-23-30-22-19(36-23)4-3-11-29-22/h3-4,11-12,17-18,20,32,34H,5-10,13-14H2,1-2H3/t17?,18?,20-,24?,25?,26-,27-/m0/s1. The molecule has 0 bridgehead atoms. The molecular weight excluding hydrogens is 499 g/mol. The van der Waals surface area contributed by atoms with E-state index in [2.05, 4.69) is 9.97 Å². The quantitative estimate of drug-likeness (QED) is 0.554. The van der Waals surface area contributed by atoms with Crippen molar-refractivity contribution in [2.45, 2.75) is 80.5 Å². The lowest BCUT2D eigenvalue weighted by atomic mass is 9.44. The first kappa shape index (κ1) is 24.6. The summed E-state index contributed by atoms with van der Waals surface area (Å²) in [5, 5.41) is 23.3. The van der Waals surface area contributed by atoms with E-state index in [1.54, 1.807) is 12.3 Å². The fraction of sp³-hybridized carbons (Fsp3) is 0.630. The first-order valence-corrected chi connectivity index (χ1v) is 14.5. The van der Waals surface area contributed by atoms with Crippen molar-refractivity contribution in [1.29, 1.82) is 0 Å². The van der Waals surface area contributed by atoms with E-state index >= 15 is 4.39 Å². The number of hydrogen-bond acceptors (Lipinski definition) is 8. The highest BCUT2D eigenvalue weighted by Gasteiger charge is 2.74. The maximum Gasteiger partial charge on any atom is 0.175 e. The number of thiazole rings is 1. The van der Waals surface area contributed by atoms with Gasteiger partial charge in [0.05, 0.1) is 16.6 Å². The lowest BCUT2D eigenvalue weighted by molar-refractivity contribution is -0.225. The molecule has 9 heteroatoms. The van der Waals surface area contributed by atoms with Gasteiger partial charge in [0.25, 0.3) is 0 Å². The molecule has 7 atom stereocenters. The van der Waals surface area contributed by atoms with Crippen molar-refractivity contribution >= 4 is 45.0 Å². The highest BCUT2D eigenvalue weighted by molar-refractivity contribution is 8.01. The van der Waals surface area contributed by atoms with E-state index in [1.165, 1.54) is 23.1 Å². The van der Waals surface area contributed by atoms with Crippen molar-refractivity contribution in [3.63, 3.8) is 0 Å². The molecule has 0 aliphatic heterocycles. The number of fused-ring (bicyclic) bond motifs is 6. The van der Waals surface area contributed by atoms with Crippen molar-refractivity contribution in [1.82, 2.24) is 9.97 Å². The Hall–Kier alpha value is -1.68. The van der Waals surface area contributed by atoms with Gasteiger partial charge in [-0.25, -0.2) is 14.4 Å². The zero-order valence-electron chi connectivity index (χ0n) is 20.5. The molecule has 3 saturated carbocycles. The summed E-state index contributed by atoms with van der Waals surface area (Å²) >= 11 is 2.76.